The lowest BCUT2D eigenvalue weighted by Gasteiger charge is -2.50. The first kappa shape index (κ1) is 24.6. The van der Waals surface area contributed by atoms with Gasteiger partial charge in [0.1, 0.15) is 24.1 Å². The van der Waals surface area contributed by atoms with Gasteiger partial charge in [-0.05, 0) is 45.4 Å². The number of rotatable bonds is 6. The van der Waals surface area contributed by atoms with Gasteiger partial charge >= 0.3 is 0 Å². The third kappa shape index (κ3) is 4.69. The summed E-state index contributed by atoms with van der Waals surface area (Å²) in [4.78, 5) is 15.6. The first-order valence-corrected chi connectivity index (χ1v) is 12.8. The lowest BCUT2D eigenvalue weighted by Crippen LogP contribution is -2.72. The van der Waals surface area contributed by atoms with Crippen LogP contribution >= 0.6 is 0 Å². The van der Waals surface area contributed by atoms with Gasteiger partial charge in [-0.1, -0.05) is 60.7 Å². The fraction of sp³-hybridized carbons (Fsp3) is 0.483. The second kappa shape index (κ2) is 9.22. The molecule has 7 atom stereocenters. The van der Waals surface area contributed by atoms with Crippen LogP contribution in [0.5, 0.6) is 5.75 Å². The average molecular weight is 508 g/mol. The van der Waals surface area contributed by atoms with Crippen LogP contribution in [0.3, 0.4) is 0 Å². The Kier molecular flexibility index (Phi) is 6.12. The number of amides is 1. The number of carbonyl (C=O) groups excluding carboxylic acids is 1. The number of ether oxygens (including phenoxy) is 6. The minimum absolute atomic E-state index is 0.128. The number of fused-ring (bicyclic) bond motifs is 1. The van der Waals surface area contributed by atoms with Crippen LogP contribution in [-0.4, -0.2) is 71.8 Å². The average Bonchev–Trinajstić information content (AvgIpc) is 3.50. The predicted molar refractivity (Wildman–Crippen MR) is 134 cm³/mol. The fourth-order valence-electron chi connectivity index (χ4n) is 5.60. The number of nitrogens with zero attached hydrogens (tertiary/aromatic N) is 1. The van der Waals surface area contributed by atoms with Gasteiger partial charge in [0.05, 0.1) is 18.7 Å². The van der Waals surface area contributed by atoms with E-state index >= 15 is 0 Å². The largest absolute Gasteiger partial charge is 0.478 e. The highest BCUT2D eigenvalue weighted by molar-refractivity contribution is 5.90. The highest BCUT2D eigenvalue weighted by atomic mass is 16.8. The van der Waals surface area contributed by atoms with E-state index in [-0.39, 0.29) is 18.1 Å². The monoisotopic (exact) mass is 507 g/mol. The van der Waals surface area contributed by atoms with Crippen LogP contribution in [0, 0.1) is 0 Å². The molecule has 8 nitrogen and oxygen atoms in total. The molecular weight excluding hydrogens is 474 g/mol. The fourth-order valence-corrected chi connectivity index (χ4v) is 5.60. The summed E-state index contributed by atoms with van der Waals surface area (Å²) in [6.45, 7) is 7.80. The van der Waals surface area contributed by atoms with E-state index in [0.717, 1.165) is 5.56 Å². The summed E-state index contributed by atoms with van der Waals surface area (Å²) in [5.74, 6) is -1.04. The van der Waals surface area contributed by atoms with Crippen molar-refractivity contribution < 1.29 is 33.2 Å². The molecule has 37 heavy (non-hydrogen) atoms. The van der Waals surface area contributed by atoms with E-state index in [2.05, 4.69) is 0 Å². The molecule has 4 aliphatic heterocycles. The van der Waals surface area contributed by atoms with Gasteiger partial charge in [-0.15, -0.1) is 0 Å². The van der Waals surface area contributed by atoms with Gasteiger partial charge in [-0.2, -0.15) is 0 Å². The topological polar surface area (TPSA) is 75.7 Å². The number of likely N-dealkylation sites (tertiary alicyclic amines) is 1. The molecule has 8 heteroatoms. The predicted octanol–water partition coefficient (Wildman–Crippen LogP) is 3.75. The van der Waals surface area contributed by atoms with Crippen molar-refractivity contribution in [3.05, 3.63) is 72.3 Å². The normalized spacial score (nSPS) is 36.1. The van der Waals surface area contributed by atoms with Gasteiger partial charge in [-0.3, -0.25) is 4.79 Å². The zero-order valence-corrected chi connectivity index (χ0v) is 21.5. The summed E-state index contributed by atoms with van der Waals surface area (Å²) >= 11 is 0. The Hall–Kier alpha value is -2.75. The van der Waals surface area contributed by atoms with Crippen LogP contribution in [0.2, 0.25) is 0 Å². The van der Waals surface area contributed by atoms with Gasteiger partial charge < -0.3 is 33.3 Å². The van der Waals surface area contributed by atoms with Crippen molar-refractivity contribution in [3.63, 3.8) is 0 Å². The quantitative estimate of drug-likeness (QED) is 0.551. The summed E-state index contributed by atoms with van der Waals surface area (Å²) in [7, 11) is 0. The molecule has 4 aliphatic rings. The Morgan fingerprint density at radius 2 is 1.59 bits per heavy atom. The van der Waals surface area contributed by atoms with Crippen LogP contribution in [0.15, 0.2) is 66.7 Å². The summed E-state index contributed by atoms with van der Waals surface area (Å²) in [6.07, 6.45) is 1.42. The number of hydrogen-bond donors (Lipinski definition) is 0. The van der Waals surface area contributed by atoms with Gasteiger partial charge in [0.2, 0.25) is 6.10 Å². The van der Waals surface area contributed by atoms with Crippen molar-refractivity contribution in [1.82, 2.24) is 4.90 Å². The maximum atomic E-state index is 13.8. The molecule has 0 aromatic heterocycles. The van der Waals surface area contributed by atoms with Crippen LogP contribution in [0.1, 0.15) is 33.3 Å². The van der Waals surface area contributed by atoms with Crippen LogP contribution in [0.4, 0.5) is 0 Å². The molecule has 6 rings (SSSR count). The number of hydrogen-bond acceptors (Lipinski definition) is 7. The molecule has 196 valence electrons. The molecule has 4 fully saturated rings. The molecule has 2 aromatic carbocycles. The van der Waals surface area contributed by atoms with Gasteiger partial charge in [-0.25, -0.2) is 0 Å². The van der Waals surface area contributed by atoms with Crippen LogP contribution in [0.25, 0.3) is 6.08 Å². The highest BCUT2D eigenvalue weighted by Crippen LogP contribution is 2.45. The standard InChI is InChI=1S/C29H33NO7/c1-28(2)32-17-21(35-28)24-22(25-27(34-24)37-29(3,4)36-25)30-20(16-15-18-11-7-5-8-12-18)23(26(30)31)33-19-13-9-6-10-14-19/h5-16,20-25,27H,17H2,1-4H3/b16-15+/t20-,21-,22+,23+,24+,25-,27+/m1/s1. The van der Waals surface area contributed by atoms with Crippen molar-refractivity contribution in [3.8, 4) is 5.75 Å². The Labute approximate surface area is 217 Å². The molecule has 0 saturated carbocycles. The van der Waals surface area contributed by atoms with E-state index in [0.29, 0.717) is 12.4 Å². The second-order valence-corrected chi connectivity index (χ2v) is 10.8. The van der Waals surface area contributed by atoms with E-state index in [4.69, 9.17) is 28.4 Å². The number of β-lactam (4-membered cyclic amide) rings is 1. The lowest BCUT2D eigenvalue weighted by atomic mass is 9.89. The second-order valence-electron chi connectivity index (χ2n) is 10.8. The number of carbonyl (C=O) groups is 1. The Balaban J connectivity index is 1.33. The minimum Gasteiger partial charge on any atom is -0.478 e. The molecule has 0 spiro atoms. The Bertz CT molecular complexity index is 1150. The highest BCUT2D eigenvalue weighted by Gasteiger charge is 2.65. The molecule has 4 saturated heterocycles. The number of para-hydroxylation sites is 1. The van der Waals surface area contributed by atoms with Gasteiger partial charge in [0.25, 0.3) is 5.91 Å². The van der Waals surface area contributed by atoms with Crippen molar-refractivity contribution in [1.29, 1.82) is 0 Å². The molecule has 4 heterocycles. The van der Waals surface area contributed by atoms with Gasteiger partial charge in [0, 0.05) is 0 Å². The molecule has 0 N–H and O–H groups in total. The van der Waals surface area contributed by atoms with Gasteiger partial charge in [0.15, 0.2) is 17.9 Å². The maximum Gasteiger partial charge on any atom is 0.267 e. The lowest BCUT2D eigenvalue weighted by molar-refractivity contribution is -0.232. The summed E-state index contributed by atoms with van der Waals surface area (Å²) in [5, 5.41) is 0. The van der Waals surface area contributed by atoms with Crippen molar-refractivity contribution in [2.24, 2.45) is 0 Å². The zero-order valence-electron chi connectivity index (χ0n) is 21.5. The molecule has 0 bridgehead atoms. The van der Waals surface area contributed by atoms with E-state index in [1.165, 1.54) is 0 Å². The maximum absolute atomic E-state index is 13.8. The molecule has 0 unspecified atom stereocenters. The van der Waals surface area contributed by atoms with Crippen molar-refractivity contribution >= 4 is 12.0 Å². The zero-order chi connectivity index (χ0) is 25.8. The van der Waals surface area contributed by atoms with Crippen molar-refractivity contribution in [2.75, 3.05) is 6.61 Å². The summed E-state index contributed by atoms with van der Waals surface area (Å²) < 4.78 is 36.9. The summed E-state index contributed by atoms with van der Waals surface area (Å²) in [6, 6.07) is 18.6. The first-order valence-electron chi connectivity index (χ1n) is 12.8. The Morgan fingerprint density at radius 1 is 0.892 bits per heavy atom. The SMILES string of the molecule is CC1(C)O[C@@H]2O[C@@H]([C@H]3COC(C)(C)O3)[C@H](N3C(=O)[C@@H](Oc4ccccc4)[C@H]3/C=C/c3ccccc3)[C@H]2O1. The molecule has 0 radical (unpaired) electrons. The smallest absolute Gasteiger partial charge is 0.267 e. The van der Waals surface area contributed by atoms with Crippen LogP contribution < -0.4 is 4.74 Å². The molecule has 2 aromatic rings. The third-order valence-electron chi connectivity index (χ3n) is 7.19. The molecule has 0 aliphatic carbocycles. The van der Waals surface area contributed by atoms with Crippen LogP contribution in [-0.2, 0) is 28.5 Å². The first-order chi connectivity index (χ1) is 17.7. The number of benzene rings is 2. The Morgan fingerprint density at radius 3 is 2.27 bits per heavy atom. The van der Waals surface area contributed by atoms with E-state index in [1.54, 1.807) is 0 Å². The van der Waals surface area contributed by atoms with E-state index < -0.39 is 42.2 Å². The summed E-state index contributed by atoms with van der Waals surface area (Å²) in [5.41, 5.74) is 1.04. The van der Waals surface area contributed by atoms with Crippen molar-refractivity contribution in [2.45, 2.75) is 82.1 Å². The van der Waals surface area contributed by atoms with E-state index in [1.807, 2.05) is 105 Å². The minimum atomic E-state index is -0.825. The molecule has 1 amide bonds. The van der Waals surface area contributed by atoms with E-state index in [9.17, 15) is 4.79 Å². The third-order valence-corrected chi connectivity index (χ3v) is 7.19. The molecular formula is C29H33NO7.